The lowest BCUT2D eigenvalue weighted by atomic mass is 10.0. The summed E-state index contributed by atoms with van der Waals surface area (Å²) in [7, 11) is 0. The van der Waals surface area contributed by atoms with Gasteiger partial charge in [0, 0.05) is 31.9 Å². The summed E-state index contributed by atoms with van der Waals surface area (Å²) in [6, 6.07) is 17.1. The maximum atomic E-state index is 13.3. The molecule has 1 aromatic heterocycles. The van der Waals surface area contributed by atoms with Gasteiger partial charge in [0.1, 0.15) is 5.82 Å². The van der Waals surface area contributed by atoms with E-state index in [-0.39, 0.29) is 17.4 Å². The first kappa shape index (κ1) is 19.5. The van der Waals surface area contributed by atoms with Crippen LogP contribution in [0.5, 0.6) is 0 Å². The van der Waals surface area contributed by atoms with E-state index in [9.17, 15) is 4.39 Å². The van der Waals surface area contributed by atoms with E-state index in [0.29, 0.717) is 0 Å². The first-order valence-electron chi connectivity index (χ1n) is 10.0. The first-order valence-corrected chi connectivity index (χ1v) is 10.0. The van der Waals surface area contributed by atoms with E-state index in [4.69, 9.17) is 0 Å². The lowest BCUT2D eigenvalue weighted by Gasteiger charge is -2.40. The molecule has 152 valence electrons. The predicted octanol–water partition coefficient (Wildman–Crippen LogP) is 3.48. The van der Waals surface area contributed by atoms with Crippen LogP contribution in [0.25, 0.3) is 0 Å². The Kier molecular flexibility index (Phi) is 5.32. The molecule has 3 aromatic rings. The van der Waals surface area contributed by atoms with Crippen molar-refractivity contribution in [3.05, 3.63) is 71.8 Å². The minimum Gasteiger partial charge on any atom is -0.369 e. The third-order valence-electron chi connectivity index (χ3n) is 5.36. The van der Waals surface area contributed by atoms with Crippen LogP contribution in [0.2, 0.25) is 0 Å². The Balaban J connectivity index is 1.60. The van der Waals surface area contributed by atoms with Crippen LogP contribution in [-0.4, -0.2) is 51.3 Å². The fourth-order valence-electron chi connectivity index (χ4n) is 3.89. The summed E-state index contributed by atoms with van der Waals surface area (Å²) in [6.45, 7) is 9.81. The first-order chi connectivity index (χ1) is 13.9. The number of hydrogen-bond donors (Lipinski definition) is 0. The highest BCUT2D eigenvalue weighted by Gasteiger charge is 2.33. The van der Waals surface area contributed by atoms with Gasteiger partial charge in [-0.25, -0.2) is 9.07 Å². The van der Waals surface area contributed by atoms with E-state index in [1.54, 1.807) is 0 Å². The third kappa shape index (κ3) is 4.15. The molecule has 1 aliphatic rings. The minimum absolute atomic E-state index is 0.0132. The molecule has 2 heterocycles. The largest absolute Gasteiger partial charge is 0.369 e. The second kappa shape index (κ2) is 7.91. The lowest BCUT2D eigenvalue weighted by molar-refractivity contribution is 0.191. The Hall–Kier alpha value is -2.80. The number of rotatable bonds is 4. The molecule has 7 heteroatoms. The normalized spacial score (nSPS) is 16.8. The molecule has 0 aliphatic carbocycles. The van der Waals surface area contributed by atoms with Crippen molar-refractivity contribution in [2.24, 2.45) is 0 Å². The van der Waals surface area contributed by atoms with E-state index in [2.05, 4.69) is 70.4 Å². The molecular formula is C22H27FN6. The molecule has 1 aliphatic heterocycles. The van der Waals surface area contributed by atoms with Crippen molar-refractivity contribution in [2.45, 2.75) is 32.4 Å². The van der Waals surface area contributed by atoms with Gasteiger partial charge in [-0.1, -0.05) is 30.3 Å². The Bertz CT molecular complexity index is 924. The molecule has 1 atom stereocenters. The zero-order chi connectivity index (χ0) is 20.4. The molecule has 29 heavy (non-hydrogen) atoms. The number of halogens is 1. The van der Waals surface area contributed by atoms with Gasteiger partial charge < -0.3 is 4.90 Å². The smallest absolute Gasteiger partial charge is 0.173 e. The van der Waals surface area contributed by atoms with Crippen molar-refractivity contribution in [3.63, 3.8) is 0 Å². The topological polar surface area (TPSA) is 50.1 Å². The van der Waals surface area contributed by atoms with E-state index < -0.39 is 0 Å². The molecule has 4 rings (SSSR count). The number of anilines is 1. The lowest BCUT2D eigenvalue weighted by Crippen LogP contribution is -2.48. The van der Waals surface area contributed by atoms with Crippen molar-refractivity contribution < 1.29 is 4.39 Å². The van der Waals surface area contributed by atoms with Crippen LogP contribution < -0.4 is 4.90 Å². The molecule has 0 amide bonds. The Morgan fingerprint density at radius 1 is 0.897 bits per heavy atom. The van der Waals surface area contributed by atoms with Gasteiger partial charge in [-0.15, -0.1) is 5.10 Å². The summed E-state index contributed by atoms with van der Waals surface area (Å²) in [5, 5.41) is 12.7. The molecule has 6 nitrogen and oxygen atoms in total. The average molecular weight is 394 g/mol. The SMILES string of the molecule is CC(C)(C)n1nnnc1[C@@H](c1ccccc1)N1CCN(c2ccc(F)cc2)CC1. The van der Waals surface area contributed by atoms with Crippen molar-refractivity contribution in [1.29, 1.82) is 0 Å². The van der Waals surface area contributed by atoms with Crippen LogP contribution in [0.15, 0.2) is 54.6 Å². The van der Waals surface area contributed by atoms with Crippen LogP contribution in [0.1, 0.15) is 38.2 Å². The molecular weight excluding hydrogens is 367 g/mol. The van der Waals surface area contributed by atoms with Gasteiger partial charge in [0.25, 0.3) is 0 Å². The highest BCUT2D eigenvalue weighted by atomic mass is 19.1. The summed E-state index contributed by atoms with van der Waals surface area (Å²) in [6.07, 6.45) is 0. The van der Waals surface area contributed by atoms with Gasteiger partial charge in [-0.05, 0) is 61.0 Å². The Morgan fingerprint density at radius 2 is 1.55 bits per heavy atom. The second-order valence-electron chi connectivity index (χ2n) is 8.43. The molecule has 0 unspecified atom stereocenters. The number of tetrazole rings is 1. The molecule has 0 N–H and O–H groups in total. The molecule has 0 radical (unpaired) electrons. The van der Waals surface area contributed by atoms with Crippen LogP contribution in [0, 0.1) is 5.82 Å². The summed E-state index contributed by atoms with van der Waals surface area (Å²) >= 11 is 0. The van der Waals surface area contributed by atoms with Crippen molar-refractivity contribution in [3.8, 4) is 0 Å². The molecule has 1 saturated heterocycles. The standard InChI is InChI=1S/C22H27FN6/c1-22(2,3)29-21(24-25-26-29)20(17-7-5-4-6-8-17)28-15-13-27(14-16-28)19-11-9-18(23)10-12-19/h4-12,20H,13-16H2,1-3H3/t20-/m1/s1. The van der Waals surface area contributed by atoms with Gasteiger partial charge in [-0.3, -0.25) is 4.90 Å². The number of benzene rings is 2. The van der Waals surface area contributed by atoms with E-state index in [1.165, 1.54) is 17.7 Å². The fourth-order valence-corrected chi connectivity index (χ4v) is 3.89. The van der Waals surface area contributed by atoms with Crippen LogP contribution in [0.4, 0.5) is 10.1 Å². The molecule has 0 saturated carbocycles. The number of hydrogen-bond acceptors (Lipinski definition) is 5. The van der Waals surface area contributed by atoms with Gasteiger partial charge in [0.15, 0.2) is 5.82 Å². The number of aromatic nitrogens is 4. The summed E-state index contributed by atoms with van der Waals surface area (Å²) < 4.78 is 15.2. The minimum atomic E-state index is -0.207. The molecule has 0 spiro atoms. The maximum absolute atomic E-state index is 13.3. The highest BCUT2D eigenvalue weighted by molar-refractivity contribution is 5.46. The second-order valence-corrected chi connectivity index (χ2v) is 8.43. The zero-order valence-corrected chi connectivity index (χ0v) is 17.2. The molecule has 1 fully saturated rings. The highest BCUT2D eigenvalue weighted by Crippen LogP contribution is 2.31. The number of nitrogens with zero attached hydrogens (tertiary/aromatic N) is 6. The maximum Gasteiger partial charge on any atom is 0.173 e. The quantitative estimate of drug-likeness (QED) is 0.678. The monoisotopic (exact) mass is 394 g/mol. The Labute approximate surface area is 170 Å². The van der Waals surface area contributed by atoms with E-state index in [0.717, 1.165) is 37.7 Å². The van der Waals surface area contributed by atoms with Crippen molar-refractivity contribution in [1.82, 2.24) is 25.1 Å². The van der Waals surface area contributed by atoms with E-state index in [1.807, 2.05) is 22.9 Å². The van der Waals surface area contributed by atoms with Crippen molar-refractivity contribution >= 4 is 5.69 Å². The van der Waals surface area contributed by atoms with Crippen LogP contribution in [0.3, 0.4) is 0 Å². The summed E-state index contributed by atoms with van der Waals surface area (Å²) in [4.78, 5) is 4.73. The fraction of sp³-hybridized carbons (Fsp3) is 0.409. The zero-order valence-electron chi connectivity index (χ0n) is 17.2. The van der Waals surface area contributed by atoms with Gasteiger partial charge in [0.2, 0.25) is 0 Å². The summed E-state index contributed by atoms with van der Waals surface area (Å²) in [5.41, 5.74) is 2.03. The van der Waals surface area contributed by atoms with Gasteiger partial charge in [0.05, 0.1) is 11.6 Å². The molecule has 0 bridgehead atoms. The van der Waals surface area contributed by atoms with Crippen LogP contribution in [-0.2, 0) is 5.54 Å². The predicted molar refractivity (Wildman–Crippen MR) is 111 cm³/mol. The third-order valence-corrected chi connectivity index (χ3v) is 5.36. The summed E-state index contributed by atoms with van der Waals surface area (Å²) in [5.74, 6) is 0.657. The average Bonchev–Trinajstić information content (AvgIpc) is 3.20. The van der Waals surface area contributed by atoms with Gasteiger partial charge in [-0.2, -0.15) is 0 Å². The van der Waals surface area contributed by atoms with Gasteiger partial charge >= 0.3 is 0 Å². The number of piperazine rings is 1. The van der Waals surface area contributed by atoms with Crippen LogP contribution >= 0.6 is 0 Å². The van der Waals surface area contributed by atoms with E-state index >= 15 is 0 Å². The Morgan fingerprint density at radius 3 is 2.17 bits per heavy atom. The van der Waals surface area contributed by atoms with Crippen molar-refractivity contribution in [2.75, 3.05) is 31.1 Å². The molecule has 2 aromatic carbocycles.